The fourth-order valence-corrected chi connectivity index (χ4v) is 2.17. The molecule has 0 fully saturated rings. The van der Waals surface area contributed by atoms with E-state index in [2.05, 4.69) is 15.5 Å². The van der Waals surface area contributed by atoms with E-state index in [-0.39, 0.29) is 23.7 Å². The van der Waals surface area contributed by atoms with Crippen LogP contribution in [0.2, 0.25) is 0 Å². The molecule has 0 N–H and O–H groups in total. The minimum atomic E-state index is -0.663. The summed E-state index contributed by atoms with van der Waals surface area (Å²) in [6, 6.07) is 9.13. The SMILES string of the molecule is CCCn1nnnc1COC(=O)c1ccc(-c2ccccc2F)o1. The zero-order valence-corrected chi connectivity index (χ0v) is 13.0. The number of hydrogen-bond donors (Lipinski definition) is 0. The molecule has 8 heteroatoms. The number of aryl methyl sites for hydroxylation is 1. The Morgan fingerprint density at radius 1 is 1.29 bits per heavy atom. The highest BCUT2D eigenvalue weighted by Gasteiger charge is 2.17. The van der Waals surface area contributed by atoms with E-state index >= 15 is 0 Å². The molecular weight excluding hydrogens is 315 g/mol. The molecule has 124 valence electrons. The lowest BCUT2D eigenvalue weighted by molar-refractivity contribution is 0.0421. The van der Waals surface area contributed by atoms with Gasteiger partial charge < -0.3 is 9.15 Å². The highest BCUT2D eigenvalue weighted by atomic mass is 19.1. The van der Waals surface area contributed by atoms with E-state index in [1.54, 1.807) is 22.9 Å². The van der Waals surface area contributed by atoms with E-state index in [1.165, 1.54) is 18.2 Å². The summed E-state index contributed by atoms with van der Waals surface area (Å²) in [6.45, 7) is 2.56. The van der Waals surface area contributed by atoms with Crippen molar-refractivity contribution in [1.82, 2.24) is 20.2 Å². The van der Waals surface area contributed by atoms with Crippen molar-refractivity contribution < 1.29 is 18.3 Å². The highest BCUT2D eigenvalue weighted by molar-refractivity contribution is 5.87. The number of hydrogen-bond acceptors (Lipinski definition) is 6. The van der Waals surface area contributed by atoms with Gasteiger partial charge in [-0.1, -0.05) is 19.1 Å². The minimum absolute atomic E-state index is 0.0113. The van der Waals surface area contributed by atoms with Gasteiger partial charge in [0.15, 0.2) is 12.4 Å². The van der Waals surface area contributed by atoms with Crippen molar-refractivity contribution in [2.75, 3.05) is 0 Å². The van der Waals surface area contributed by atoms with Gasteiger partial charge in [-0.3, -0.25) is 0 Å². The molecule has 0 aliphatic carbocycles. The molecule has 0 saturated heterocycles. The van der Waals surface area contributed by atoms with Gasteiger partial charge in [-0.05, 0) is 41.1 Å². The third kappa shape index (κ3) is 3.32. The molecule has 2 aromatic heterocycles. The number of carbonyl (C=O) groups excluding carboxylic acids is 1. The summed E-state index contributed by atoms with van der Waals surface area (Å²) in [6.07, 6.45) is 0.857. The Morgan fingerprint density at radius 3 is 2.92 bits per heavy atom. The predicted octanol–water partition coefficient (Wildman–Crippen LogP) is 2.84. The molecule has 0 radical (unpaired) electrons. The first kappa shape index (κ1) is 15.9. The maximum Gasteiger partial charge on any atom is 0.374 e. The van der Waals surface area contributed by atoms with Crippen LogP contribution in [0.4, 0.5) is 4.39 Å². The van der Waals surface area contributed by atoms with Crippen LogP contribution in [-0.4, -0.2) is 26.2 Å². The number of halogens is 1. The first-order chi connectivity index (χ1) is 11.7. The first-order valence-corrected chi connectivity index (χ1v) is 7.46. The van der Waals surface area contributed by atoms with Gasteiger partial charge in [0.25, 0.3) is 0 Å². The van der Waals surface area contributed by atoms with Gasteiger partial charge in [0.05, 0.1) is 5.56 Å². The molecule has 0 bridgehead atoms. The van der Waals surface area contributed by atoms with Gasteiger partial charge in [-0.15, -0.1) is 5.10 Å². The van der Waals surface area contributed by atoms with Crippen LogP contribution in [0.5, 0.6) is 0 Å². The Balaban J connectivity index is 1.68. The second kappa shape index (κ2) is 7.03. The molecule has 2 heterocycles. The molecule has 7 nitrogen and oxygen atoms in total. The number of benzene rings is 1. The van der Waals surface area contributed by atoms with Crippen molar-refractivity contribution in [2.24, 2.45) is 0 Å². The molecule has 1 aromatic carbocycles. The molecule has 0 spiro atoms. The summed E-state index contributed by atoms with van der Waals surface area (Å²) in [4.78, 5) is 12.1. The van der Waals surface area contributed by atoms with E-state index in [1.807, 2.05) is 6.92 Å². The van der Waals surface area contributed by atoms with Crippen molar-refractivity contribution in [1.29, 1.82) is 0 Å². The fourth-order valence-electron chi connectivity index (χ4n) is 2.17. The lowest BCUT2D eigenvalue weighted by Gasteiger charge is -2.03. The molecule has 0 aliphatic rings. The summed E-state index contributed by atoms with van der Waals surface area (Å²) < 4.78 is 25.8. The Hall–Kier alpha value is -3.03. The second-order valence-electron chi connectivity index (χ2n) is 5.04. The van der Waals surface area contributed by atoms with Crippen molar-refractivity contribution >= 4 is 5.97 Å². The predicted molar refractivity (Wildman–Crippen MR) is 81.3 cm³/mol. The van der Waals surface area contributed by atoms with E-state index < -0.39 is 11.8 Å². The Kier molecular flexibility index (Phi) is 4.64. The Labute approximate surface area is 137 Å². The quantitative estimate of drug-likeness (QED) is 0.646. The highest BCUT2D eigenvalue weighted by Crippen LogP contribution is 2.25. The number of carbonyl (C=O) groups is 1. The molecule has 3 rings (SSSR count). The third-order valence-electron chi connectivity index (χ3n) is 3.32. The fraction of sp³-hybridized carbons (Fsp3) is 0.250. The molecule has 0 aliphatic heterocycles. The lowest BCUT2D eigenvalue weighted by atomic mass is 10.1. The average Bonchev–Trinajstić information content (AvgIpc) is 3.23. The summed E-state index contributed by atoms with van der Waals surface area (Å²) in [7, 11) is 0. The molecule has 0 saturated carbocycles. The number of nitrogens with zero attached hydrogens (tertiary/aromatic N) is 4. The largest absolute Gasteiger partial charge is 0.452 e. The third-order valence-corrected chi connectivity index (χ3v) is 3.32. The van der Waals surface area contributed by atoms with Gasteiger partial charge >= 0.3 is 5.97 Å². The van der Waals surface area contributed by atoms with Gasteiger partial charge in [0.1, 0.15) is 11.6 Å². The van der Waals surface area contributed by atoms with Crippen LogP contribution in [0, 0.1) is 5.82 Å². The van der Waals surface area contributed by atoms with E-state index in [0.717, 1.165) is 6.42 Å². The lowest BCUT2D eigenvalue weighted by Crippen LogP contribution is -2.10. The zero-order chi connectivity index (χ0) is 16.9. The van der Waals surface area contributed by atoms with Crippen LogP contribution in [0.15, 0.2) is 40.8 Å². The van der Waals surface area contributed by atoms with Crippen LogP contribution >= 0.6 is 0 Å². The van der Waals surface area contributed by atoms with Crippen LogP contribution in [0.3, 0.4) is 0 Å². The number of esters is 1. The van der Waals surface area contributed by atoms with E-state index in [9.17, 15) is 9.18 Å². The van der Waals surface area contributed by atoms with Gasteiger partial charge in [0.2, 0.25) is 5.76 Å². The maximum absolute atomic E-state index is 13.7. The molecule has 0 amide bonds. The molecular formula is C16H15FN4O3. The Morgan fingerprint density at radius 2 is 2.12 bits per heavy atom. The van der Waals surface area contributed by atoms with Crippen molar-refractivity contribution in [3.8, 4) is 11.3 Å². The number of rotatable bonds is 6. The number of furan rings is 1. The zero-order valence-electron chi connectivity index (χ0n) is 13.0. The summed E-state index contributed by atoms with van der Waals surface area (Å²) in [5, 5.41) is 11.2. The topological polar surface area (TPSA) is 83.0 Å². The molecule has 24 heavy (non-hydrogen) atoms. The summed E-state index contributed by atoms with van der Waals surface area (Å²) in [5.74, 6) is -0.390. The number of tetrazole rings is 1. The van der Waals surface area contributed by atoms with Crippen molar-refractivity contribution in [3.05, 3.63) is 53.8 Å². The number of aromatic nitrogens is 4. The molecule has 0 atom stereocenters. The standard InChI is InChI=1S/C16H15FN4O3/c1-2-9-21-15(18-19-20-21)10-23-16(22)14-8-7-13(24-14)11-5-3-4-6-12(11)17/h3-8H,2,9-10H2,1H3. The molecule has 0 unspecified atom stereocenters. The second-order valence-corrected chi connectivity index (χ2v) is 5.04. The Bertz CT molecular complexity index is 843. The maximum atomic E-state index is 13.7. The van der Waals surface area contributed by atoms with Crippen LogP contribution in [0.25, 0.3) is 11.3 Å². The van der Waals surface area contributed by atoms with Gasteiger partial charge in [-0.25, -0.2) is 13.9 Å². The van der Waals surface area contributed by atoms with Crippen LogP contribution in [-0.2, 0) is 17.9 Å². The first-order valence-electron chi connectivity index (χ1n) is 7.46. The monoisotopic (exact) mass is 330 g/mol. The van der Waals surface area contributed by atoms with Crippen molar-refractivity contribution in [2.45, 2.75) is 26.5 Å². The summed E-state index contributed by atoms with van der Waals surface area (Å²) >= 11 is 0. The normalized spacial score (nSPS) is 10.8. The van der Waals surface area contributed by atoms with E-state index in [4.69, 9.17) is 9.15 Å². The summed E-state index contributed by atoms with van der Waals surface area (Å²) in [5.41, 5.74) is 0.281. The van der Waals surface area contributed by atoms with E-state index in [0.29, 0.717) is 12.4 Å². The van der Waals surface area contributed by atoms with Gasteiger partial charge in [-0.2, -0.15) is 0 Å². The minimum Gasteiger partial charge on any atom is -0.452 e. The smallest absolute Gasteiger partial charge is 0.374 e. The van der Waals surface area contributed by atoms with Gasteiger partial charge in [0, 0.05) is 6.54 Å². The average molecular weight is 330 g/mol. The van der Waals surface area contributed by atoms with Crippen molar-refractivity contribution in [3.63, 3.8) is 0 Å². The van der Waals surface area contributed by atoms with Crippen LogP contribution in [0.1, 0.15) is 29.7 Å². The van der Waals surface area contributed by atoms with Crippen LogP contribution < -0.4 is 0 Å². The number of ether oxygens (including phenoxy) is 1. The molecule has 3 aromatic rings.